The number of carbonyl (C=O) groups is 3. The molecular formula is C35H29F4N7O3. The first kappa shape index (κ1) is 32.0. The highest BCUT2D eigenvalue weighted by molar-refractivity contribution is 6.09. The number of aromatic nitrogens is 5. The maximum atomic E-state index is 14.1. The third-order valence-corrected chi connectivity index (χ3v) is 9.21. The summed E-state index contributed by atoms with van der Waals surface area (Å²) >= 11 is 0. The zero-order chi connectivity index (χ0) is 35.2. The number of halogens is 4. The number of hydrogen-bond acceptors (Lipinski definition) is 6. The first-order valence-corrected chi connectivity index (χ1v) is 15.4. The number of nitrogens with one attached hydrogen (secondary N) is 1. The number of rotatable bonds is 6. The van der Waals surface area contributed by atoms with Crippen LogP contribution in [-0.4, -0.2) is 58.7 Å². The largest absolute Gasteiger partial charge is 0.436 e. The van der Waals surface area contributed by atoms with Crippen LogP contribution in [0, 0.1) is 43.8 Å². The number of carbonyl (C=O) groups excluding carboxylic acids is 3. The van der Waals surface area contributed by atoms with Crippen LogP contribution < -0.4 is 5.32 Å². The minimum absolute atomic E-state index is 0.0121. The average molecular weight is 672 g/mol. The van der Waals surface area contributed by atoms with Gasteiger partial charge >= 0.3 is 6.18 Å². The Bertz CT molecular complexity index is 2330. The molecule has 2 amide bonds. The van der Waals surface area contributed by atoms with Crippen molar-refractivity contribution < 1.29 is 31.9 Å². The van der Waals surface area contributed by atoms with Gasteiger partial charge in [0, 0.05) is 28.9 Å². The van der Waals surface area contributed by atoms with E-state index in [4.69, 9.17) is 0 Å². The smallest absolute Gasteiger partial charge is 0.337 e. The number of fused-ring (bicyclic) bond motifs is 3. The third kappa shape index (κ3) is 5.29. The lowest BCUT2D eigenvalue weighted by Gasteiger charge is -2.34. The maximum Gasteiger partial charge on any atom is 0.436 e. The molecule has 0 bridgehead atoms. The number of aryl methyl sites for hydroxylation is 3. The summed E-state index contributed by atoms with van der Waals surface area (Å²) in [6.45, 7) is 8.02. The van der Waals surface area contributed by atoms with E-state index < -0.39 is 52.8 Å². The predicted octanol–water partition coefficient (Wildman–Crippen LogP) is 5.66. The Kier molecular flexibility index (Phi) is 7.17. The van der Waals surface area contributed by atoms with E-state index in [-0.39, 0.29) is 24.3 Å². The first-order chi connectivity index (χ1) is 23.0. The van der Waals surface area contributed by atoms with Gasteiger partial charge in [0.25, 0.3) is 0 Å². The number of ketones is 1. The molecular weight excluding hydrogens is 642 g/mol. The Morgan fingerprint density at radius 1 is 1.04 bits per heavy atom. The van der Waals surface area contributed by atoms with Crippen molar-refractivity contribution in [3.63, 3.8) is 0 Å². The van der Waals surface area contributed by atoms with E-state index in [1.54, 1.807) is 22.2 Å². The molecule has 1 aromatic carbocycles. The fourth-order valence-corrected chi connectivity index (χ4v) is 6.86. The summed E-state index contributed by atoms with van der Waals surface area (Å²) in [4.78, 5) is 49.7. The molecule has 7 rings (SSSR count). The summed E-state index contributed by atoms with van der Waals surface area (Å²) < 4.78 is 57.6. The lowest BCUT2D eigenvalue weighted by atomic mass is 9.76. The van der Waals surface area contributed by atoms with Gasteiger partial charge in [0.1, 0.15) is 30.3 Å². The first-order valence-electron chi connectivity index (χ1n) is 15.4. The Balaban J connectivity index is 1.21. The van der Waals surface area contributed by atoms with E-state index in [0.29, 0.717) is 34.0 Å². The zero-order valence-corrected chi connectivity index (χ0v) is 27.0. The van der Waals surface area contributed by atoms with Crippen molar-refractivity contribution >= 4 is 40.0 Å². The van der Waals surface area contributed by atoms with Gasteiger partial charge in [-0.2, -0.15) is 18.3 Å². The van der Waals surface area contributed by atoms with Gasteiger partial charge in [0.15, 0.2) is 22.9 Å². The minimum Gasteiger partial charge on any atom is -0.337 e. The normalized spacial score (nSPS) is 19.8. The van der Waals surface area contributed by atoms with Gasteiger partial charge in [0.2, 0.25) is 11.8 Å². The molecule has 0 radical (unpaired) electrons. The Morgan fingerprint density at radius 3 is 2.47 bits per heavy atom. The highest BCUT2D eigenvalue weighted by atomic mass is 19.4. The second kappa shape index (κ2) is 11.0. The molecule has 3 atom stereocenters. The molecule has 1 N–H and O–H groups in total. The molecule has 1 aliphatic carbocycles. The fraction of sp³-hybridized carbons (Fsp3) is 0.314. The Labute approximate surface area is 277 Å². The van der Waals surface area contributed by atoms with Crippen LogP contribution in [0.4, 0.5) is 23.4 Å². The number of likely N-dealkylation sites (tertiary alicyclic amines) is 1. The van der Waals surface area contributed by atoms with Gasteiger partial charge in [0.05, 0.1) is 10.9 Å². The van der Waals surface area contributed by atoms with Crippen LogP contribution in [0.3, 0.4) is 0 Å². The fourth-order valence-electron chi connectivity index (χ4n) is 6.86. The highest BCUT2D eigenvalue weighted by Crippen LogP contribution is 2.45. The van der Waals surface area contributed by atoms with Crippen molar-refractivity contribution in [2.24, 2.45) is 5.41 Å². The molecule has 1 fully saturated rings. The molecule has 5 aromatic rings. The monoisotopic (exact) mass is 671 g/mol. The second-order valence-corrected chi connectivity index (χ2v) is 12.9. The van der Waals surface area contributed by atoms with Crippen LogP contribution in [0.1, 0.15) is 53.3 Å². The van der Waals surface area contributed by atoms with E-state index in [1.807, 2.05) is 44.3 Å². The van der Waals surface area contributed by atoms with Crippen LogP contribution in [0.15, 0.2) is 42.7 Å². The summed E-state index contributed by atoms with van der Waals surface area (Å²) in [5, 5.41) is 7.43. The zero-order valence-electron chi connectivity index (χ0n) is 27.0. The number of alkyl halides is 3. The molecule has 1 saturated heterocycles. The highest BCUT2D eigenvalue weighted by Gasteiger charge is 2.56. The van der Waals surface area contributed by atoms with Crippen molar-refractivity contribution in [3.8, 4) is 23.0 Å². The number of amides is 2. The SMILES string of the molecule is CC(=O)c1cn(CC(=O)N2[C@H](C(=O)Nc3nc(C(F)(F)F)c(F)cc3C)C[C@@]3(C)C#C[C@@H]23)c2c(C)cc(-c3ccc4nc(C)nn4c3)cc12. The van der Waals surface area contributed by atoms with Crippen LogP contribution in [0.2, 0.25) is 0 Å². The number of anilines is 1. The molecule has 0 unspecified atom stereocenters. The minimum atomic E-state index is -5.08. The van der Waals surface area contributed by atoms with Crippen molar-refractivity contribution in [3.05, 3.63) is 76.8 Å². The van der Waals surface area contributed by atoms with Gasteiger partial charge in [-0.1, -0.05) is 11.8 Å². The number of benzene rings is 1. The van der Waals surface area contributed by atoms with Crippen LogP contribution >= 0.6 is 0 Å². The predicted molar refractivity (Wildman–Crippen MR) is 171 cm³/mol. The molecule has 49 heavy (non-hydrogen) atoms. The molecule has 10 nitrogen and oxygen atoms in total. The third-order valence-electron chi connectivity index (χ3n) is 9.21. The van der Waals surface area contributed by atoms with Crippen LogP contribution in [0.5, 0.6) is 0 Å². The second-order valence-electron chi connectivity index (χ2n) is 12.9. The summed E-state index contributed by atoms with van der Waals surface area (Å²) in [5.74, 6) is 3.16. The number of Topliss-reactive ketones (excluding diaryl/α,β-unsaturated/α-hetero) is 1. The van der Waals surface area contributed by atoms with Gasteiger partial charge in [-0.25, -0.2) is 18.9 Å². The van der Waals surface area contributed by atoms with Crippen LogP contribution in [-0.2, 0) is 22.3 Å². The quantitative estimate of drug-likeness (QED) is 0.142. The van der Waals surface area contributed by atoms with Gasteiger partial charge in [-0.15, -0.1) is 0 Å². The summed E-state index contributed by atoms with van der Waals surface area (Å²) in [7, 11) is 0. The van der Waals surface area contributed by atoms with Crippen molar-refractivity contribution in [1.82, 2.24) is 29.0 Å². The molecule has 0 spiro atoms. The van der Waals surface area contributed by atoms with Crippen LogP contribution in [0.25, 0.3) is 27.7 Å². The Hall–Kier alpha value is -5.58. The van der Waals surface area contributed by atoms with Gasteiger partial charge in [-0.05, 0) is 88.1 Å². The Morgan fingerprint density at radius 2 is 1.80 bits per heavy atom. The lowest BCUT2D eigenvalue weighted by molar-refractivity contribution is -0.143. The molecule has 2 aliphatic rings. The summed E-state index contributed by atoms with van der Waals surface area (Å²) in [6.07, 6.45) is -1.47. The maximum absolute atomic E-state index is 14.1. The molecule has 250 valence electrons. The van der Waals surface area contributed by atoms with Crippen molar-refractivity contribution in [1.29, 1.82) is 0 Å². The van der Waals surface area contributed by atoms with E-state index in [0.717, 1.165) is 16.7 Å². The standard InChI is InChI=1S/C35H29F4N7O3/c1-17-10-22(21-6-7-28-40-20(4)43-45(28)14-21)12-23-24(19(3)47)15-44(30(17)23)16-29(48)46-26(13-34(5)9-8-27(34)46)33(49)42-32-18(2)11-25(36)31(41-32)35(37,38)39/h6-7,10-12,14-15,26-27H,13,16H2,1-5H3,(H,41,42,49)/t26-,27+,34+/m0/s1. The number of nitrogens with zero attached hydrogens (tertiary/aromatic N) is 6. The van der Waals surface area contributed by atoms with E-state index >= 15 is 0 Å². The van der Waals surface area contributed by atoms with E-state index in [1.165, 1.54) is 18.7 Å². The molecule has 0 saturated carbocycles. The van der Waals surface area contributed by atoms with Crippen molar-refractivity contribution in [2.75, 3.05) is 5.32 Å². The summed E-state index contributed by atoms with van der Waals surface area (Å²) in [6, 6.07) is 6.55. The van der Waals surface area contributed by atoms with E-state index in [2.05, 4.69) is 32.2 Å². The van der Waals surface area contributed by atoms with Gasteiger partial charge in [-0.3, -0.25) is 14.4 Å². The average Bonchev–Trinajstić information content (AvgIpc) is 3.63. The van der Waals surface area contributed by atoms with E-state index in [9.17, 15) is 31.9 Å². The molecule has 5 heterocycles. The number of pyridine rings is 2. The number of hydrogen-bond donors (Lipinski definition) is 1. The van der Waals surface area contributed by atoms with Gasteiger partial charge < -0.3 is 14.8 Å². The van der Waals surface area contributed by atoms with Crippen molar-refractivity contribution in [2.45, 2.75) is 65.8 Å². The topological polar surface area (TPSA) is 114 Å². The molecule has 14 heteroatoms. The lowest BCUT2D eigenvalue weighted by Crippen LogP contribution is -2.50. The molecule has 4 aromatic heterocycles. The molecule has 1 aliphatic heterocycles. The summed E-state index contributed by atoms with van der Waals surface area (Å²) in [5.41, 5.74) is 1.77.